The third-order valence-electron chi connectivity index (χ3n) is 2.44. The lowest BCUT2D eigenvalue weighted by atomic mass is 9.94. The lowest BCUT2D eigenvalue weighted by Crippen LogP contribution is -2.27. The Hall–Kier alpha value is -1.58. The van der Waals surface area contributed by atoms with E-state index in [1.54, 1.807) is 12.1 Å². The minimum absolute atomic E-state index is 0.189. The summed E-state index contributed by atoms with van der Waals surface area (Å²) in [6.07, 6.45) is 0.500. The Morgan fingerprint density at radius 2 is 2.27 bits per heavy atom. The second-order valence-corrected chi connectivity index (χ2v) is 4.00. The molecule has 15 heavy (non-hydrogen) atoms. The van der Waals surface area contributed by atoms with Crippen molar-refractivity contribution in [3.63, 3.8) is 0 Å². The molecule has 1 unspecified atom stereocenters. The van der Waals surface area contributed by atoms with Crippen molar-refractivity contribution < 1.29 is 9.13 Å². The van der Waals surface area contributed by atoms with Crippen LogP contribution in [0.1, 0.15) is 12.5 Å². The normalized spacial score (nSPS) is 24.8. The summed E-state index contributed by atoms with van der Waals surface area (Å²) in [6.45, 7) is 2.31. The molecule has 1 aliphatic rings. The molecule has 0 fully saturated rings. The number of nitrogens with zero attached hydrogens (tertiary/aromatic N) is 1. The van der Waals surface area contributed by atoms with Crippen LogP contribution in [0.15, 0.2) is 29.3 Å². The maximum Gasteiger partial charge on any atom is 0.282 e. The van der Waals surface area contributed by atoms with Crippen LogP contribution < -0.4 is 5.73 Å². The van der Waals surface area contributed by atoms with E-state index in [9.17, 15) is 4.39 Å². The molecule has 2 N–H and O–H groups in total. The average Bonchev–Trinajstić information content (AvgIpc) is 2.51. The first-order chi connectivity index (χ1) is 7.09. The lowest BCUT2D eigenvalue weighted by Gasteiger charge is -2.18. The van der Waals surface area contributed by atoms with E-state index < -0.39 is 5.54 Å². The number of halogens is 1. The van der Waals surface area contributed by atoms with Crippen LogP contribution in [-0.4, -0.2) is 18.2 Å². The van der Waals surface area contributed by atoms with Gasteiger partial charge in [0.15, 0.2) is 0 Å². The predicted octanol–water partition coefficient (Wildman–Crippen LogP) is 1.47. The first-order valence-corrected chi connectivity index (χ1v) is 4.81. The maximum atomic E-state index is 13.4. The molecule has 2 rings (SSSR count). The van der Waals surface area contributed by atoms with Gasteiger partial charge in [-0.2, -0.15) is 0 Å². The number of aliphatic imine (C=N–C) groups is 1. The number of rotatable bonds is 2. The highest BCUT2D eigenvalue weighted by molar-refractivity contribution is 5.73. The fourth-order valence-electron chi connectivity index (χ4n) is 1.70. The molecule has 1 atom stereocenters. The molecule has 1 heterocycles. The second-order valence-electron chi connectivity index (χ2n) is 4.00. The first-order valence-electron chi connectivity index (χ1n) is 4.81. The van der Waals surface area contributed by atoms with Gasteiger partial charge >= 0.3 is 0 Å². The number of benzene rings is 1. The number of ether oxygens (including phenoxy) is 1. The molecule has 0 saturated carbocycles. The van der Waals surface area contributed by atoms with Crippen LogP contribution >= 0.6 is 0 Å². The van der Waals surface area contributed by atoms with Gasteiger partial charge in [-0.25, -0.2) is 9.38 Å². The first kappa shape index (κ1) is 9.96. The SMILES string of the molecule is CC1(Cc2ccccc2F)COC(N)=N1. The molecule has 1 aromatic rings. The fourth-order valence-corrected chi connectivity index (χ4v) is 1.70. The van der Waals surface area contributed by atoms with E-state index in [4.69, 9.17) is 10.5 Å². The highest BCUT2D eigenvalue weighted by Gasteiger charge is 2.31. The standard InChI is InChI=1S/C11H13FN2O/c1-11(7-15-10(13)14-11)6-8-4-2-3-5-9(8)12/h2-5H,6-7H2,1H3,(H2,13,14). The van der Waals surface area contributed by atoms with E-state index in [0.717, 1.165) is 0 Å². The van der Waals surface area contributed by atoms with Gasteiger partial charge in [0.1, 0.15) is 18.0 Å². The molecule has 1 aromatic carbocycles. The summed E-state index contributed by atoms with van der Waals surface area (Å²) in [5, 5.41) is 0. The molecule has 0 spiro atoms. The molecular formula is C11H13FN2O. The Kier molecular flexibility index (Phi) is 2.34. The number of hydrogen-bond donors (Lipinski definition) is 1. The molecule has 0 aliphatic carbocycles. The minimum atomic E-state index is -0.438. The minimum Gasteiger partial charge on any atom is -0.463 e. The summed E-state index contributed by atoms with van der Waals surface area (Å²) in [5.41, 5.74) is 5.64. The Bertz CT molecular complexity index is 405. The topological polar surface area (TPSA) is 47.6 Å². The highest BCUT2D eigenvalue weighted by atomic mass is 19.1. The van der Waals surface area contributed by atoms with Gasteiger partial charge in [0.05, 0.1) is 0 Å². The van der Waals surface area contributed by atoms with Crippen LogP contribution in [0.3, 0.4) is 0 Å². The smallest absolute Gasteiger partial charge is 0.282 e. The molecule has 0 bridgehead atoms. The average molecular weight is 208 g/mol. The van der Waals surface area contributed by atoms with Gasteiger partial charge in [-0.1, -0.05) is 18.2 Å². The zero-order valence-electron chi connectivity index (χ0n) is 8.53. The number of amidine groups is 1. The summed E-state index contributed by atoms with van der Waals surface area (Å²) >= 11 is 0. The second kappa shape index (κ2) is 3.53. The zero-order chi connectivity index (χ0) is 10.9. The molecule has 0 radical (unpaired) electrons. The van der Waals surface area contributed by atoms with E-state index in [1.807, 2.05) is 13.0 Å². The van der Waals surface area contributed by atoms with Crippen molar-refractivity contribution >= 4 is 6.02 Å². The third-order valence-corrected chi connectivity index (χ3v) is 2.44. The molecule has 1 aliphatic heterocycles. The largest absolute Gasteiger partial charge is 0.463 e. The third kappa shape index (κ3) is 2.09. The summed E-state index contributed by atoms with van der Waals surface area (Å²) < 4.78 is 18.5. The summed E-state index contributed by atoms with van der Waals surface area (Å²) in [4.78, 5) is 4.16. The van der Waals surface area contributed by atoms with Gasteiger partial charge in [-0.3, -0.25) is 0 Å². The van der Waals surface area contributed by atoms with Crippen LogP contribution in [0.4, 0.5) is 4.39 Å². The van der Waals surface area contributed by atoms with Gasteiger partial charge < -0.3 is 10.5 Å². The maximum absolute atomic E-state index is 13.4. The van der Waals surface area contributed by atoms with Crippen LogP contribution in [-0.2, 0) is 11.2 Å². The van der Waals surface area contributed by atoms with Gasteiger partial charge in [-0.15, -0.1) is 0 Å². The van der Waals surface area contributed by atoms with Gasteiger partial charge in [0.25, 0.3) is 6.02 Å². The van der Waals surface area contributed by atoms with E-state index >= 15 is 0 Å². The number of hydrogen-bond acceptors (Lipinski definition) is 3. The van der Waals surface area contributed by atoms with E-state index in [1.165, 1.54) is 6.07 Å². The summed E-state index contributed by atoms with van der Waals surface area (Å²) in [7, 11) is 0. The predicted molar refractivity (Wildman–Crippen MR) is 56.1 cm³/mol. The Labute approximate surface area is 87.8 Å². The molecule has 4 heteroatoms. The van der Waals surface area contributed by atoms with Crippen LogP contribution in [0, 0.1) is 5.82 Å². The van der Waals surface area contributed by atoms with Crippen molar-refractivity contribution in [3.8, 4) is 0 Å². The van der Waals surface area contributed by atoms with Crippen molar-refractivity contribution in [2.45, 2.75) is 18.9 Å². The van der Waals surface area contributed by atoms with Gasteiger partial charge in [0.2, 0.25) is 0 Å². The Morgan fingerprint density at radius 3 is 2.87 bits per heavy atom. The van der Waals surface area contributed by atoms with Crippen molar-refractivity contribution in [3.05, 3.63) is 35.6 Å². The summed E-state index contributed by atoms with van der Waals surface area (Å²) in [5.74, 6) is -0.209. The molecular weight excluding hydrogens is 195 g/mol. The fraction of sp³-hybridized carbons (Fsp3) is 0.364. The Morgan fingerprint density at radius 1 is 1.53 bits per heavy atom. The van der Waals surface area contributed by atoms with E-state index in [-0.39, 0.29) is 11.8 Å². The van der Waals surface area contributed by atoms with Crippen molar-refractivity contribution in [2.24, 2.45) is 10.7 Å². The molecule has 0 aromatic heterocycles. The monoisotopic (exact) mass is 208 g/mol. The van der Waals surface area contributed by atoms with Crippen molar-refractivity contribution in [2.75, 3.05) is 6.61 Å². The van der Waals surface area contributed by atoms with Gasteiger partial charge in [-0.05, 0) is 18.6 Å². The van der Waals surface area contributed by atoms with Crippen LogP contribution in [0.25, 0.3) is 0 Å². The molecule has 80 valence electrons. The summed E-state index contributed by atoms with van der Waals surface area (Å²) in [6, 6.07) is 6.87. The van der Waals surface area contributed by atoms with E-state index in [2.05, 4.69) is 4.99 Å². The lowest BCUT2D eigenvalue weighted by molar-refractivity contribution is 0.262. The zero-order valence-corrected chi connectivity index (χ0v) is 8.53. The number of nitrogens with two attached hydrogens (primary N) is 1. The van der Waals surface area contributed by atoms with Crippen molar-refractivity contribution in [1.29, 1.82) is 0 Å². The highest BCUT2D eigenvalue weighted by Crippen LogP contribution is 2.23. The molecule has 0 amide bonds. The van der Waals surface area contributed by atoms with Crippen LogP contribution in [0.2, 0.25) is 0 Å². The Balaban J connectivity index is 2.19. The van der Waals surface area contributed by atoms with Crippen LogP contribution in [0.5, 0.6) is 0 Å². The molecule has 0 saturated heterocycles. The quantitative estimate of drug-likeness (QED) is 0.800. The molecule has 3 nitrogen and oxygen atoms in total. The van der Waals surface area contributed by atoms with Gasteiger partial charge in [0, 0.05) is 6.42 Å². The van der Waals surface area contributed by atoms with Crippen molar-refractivity contribution in [1.82, 2.24) is 0 Å². The van der Waals surface area contributed by atoms with E-state index in [0.29, 0.717) is 18.6 Å².